The predicted molar refractivity (Wildman–Crippen MR) is 96.7 cm³/mol. The Labute approximate surface area is 147 Å². The van der Waals surface area contributed by atoms with Crippen molar-refractivity contribution in [3.8, 4) is 0 Å². The Hall–Kier alpha value is -2.05. The molecule has 0 aliphatic heterocycles. The van der Waals surface area contributed by atoms with Gasteiger partial charge in [-0.3, -0.25) is 9.10 Å². The summed E-state index contributed by atoms with van der Waals surface area (Å²) in [6, 6.07) is 14.1. The molecule has 0 unspecified atom stereocenters. The normalized spacial score (nSPS) is 11.1. The number of hydrogen-bond acceptors (Lipinski definition) is 3. The molecule has 0 saturated carbocycles. The van der Waals surface area contributed by atoms with E-state index in [1.807, 2.05) is 31.2 Å². The number of benzene rings is 2. The number of aryl methyl sites for hydroxylation is 1. The first-order valence-electron chi connectivity index (χ1n) is 7.32. The van der Waals surface area contributed by atoms with E-state index in [-0.39, 0.29) is 12.5 Å². The van der Waals surface area contributed by atoms with E-state index in [4.69, 9.17) is 11.6 Å². The van der Waals surface area contributed by atoms with Crippen molar-refractivity contribution in [3.05, 3.63) is 64.7 Å². The summed E-state index contributed by atoms with van der Waals surface area (Å²) in [6.45, 7) is 2.00. The van der Waals surface area contributed by atoms with Crippen LogP contribution in [0.2, 0.25) is 5.02 Å². The molecule has 24 heavy (non-hydrogen) atoms. The average Bonchev–Trinajstić information content (AvgIpc) is 2.50. The van der Waals surface area contributed by atoms with E-state index < -0.39 is 10.0 Å². The summed E-state index contributed by atoms with van der Waals surface area (Å²) < 4.78 is 25.1. The molecule has 0 atom stereocenters. The number of halogens is 1. The summed E-state index contributed by atoms with van der Waals surface area (Å²) in [5.74, 6) is -0.386. The van der Waals surface area contributed by atoms with Crippen LogP contribution in [0.25, 0.3) is 0 Å². The number of rotatable bonds is 6. The molecule has 0 bridgehead atoms. The van der Waals surface area contributed by atoms with E-state index in [9.17, 15) is 13.2 Å². The highest BCUT2D eigenvalue weighted by Crippen LogP contribution is 2.21. The lowest BCUT2D eigenvalue weighted by molar-refractivity contribution is -0.119. The smallest absolute Gasteiger partial charge is 0.241 e. The zero-order valence-corrected chi connectivity index (χ0v) is 15.1. The van der Waals surface area contributed by atoms with Gasteiger partial charge in [-0.1, -0.05) is 41.9 Å². The van der Waals surface area contributed by atoms with Crippen LogP contribution in [0.15, 0.2) is 48.5 Å². The molecular formula is C17H19ClN2O3S. The Kier molecular flexibility index (Phi) is 5.85. The van der Waals surface area contributed by atoms with Gasteiger partial charge in [0.15, 0.2) is 0 Å². The number of nitrogens with zero attached hydrogens (tertiary/aromatic N) is 1. The molecule has 0 saturated heterocycles. The van der Waals surface area contributed by atoms with Crippen molar-refractivity contribution >= 4 is 33.2 Å². The lowest BCUT2D eigenvalue weighted by Crippen LogP contribution is -2.40. The molecule has 128 valence electrons. The van der Waals surface area contributed by atoms with Gasteiger partial charge in [-0.05, 0) is 36.2 Å². The van der Waals surface area contributed by atoms with Gasteiger partial charge < -0.3 is 5.32 Å². The van der Waals surface area contributed by atoms with E-state index in [1.165, 1.54) is 6.07 Å². The third kappa shape index (κ3) is 4.97. The molecule has 0 heterocycles. The van der Waals surface area contributed by atoms with Crippen molar-refractivity contribution in [1.29, 1.82) is 0 Å². The number of carbonyl (C=O) groups excluding carboxylic acids is 1. The Morgan fingerprint density at radius 2 is 1.88 bits per heavy atom. The molecule has 0 aromatic heterocycles. The van der Waals surface area contributed by atoms with Crippen molar-refractivity contribution in [3.63, 3.8) is 0 Å². The second-order valence-electron chi connectivity index (χ2n) is 5.45. The van der Waals surface area contributed by atoms with Crippen LogP contribution >= 0.6 is 11.6 Å². The topological polar surface area (TPSA) is 66.5 Å². The summed E-state index contributed by atoms with van der Waals surface area (Å²) in [5.41, 5.74) is 2.41. The van der Waals surface area contributed by atoms with Crippen molar-refractivity contribution in [1.82, 2.24) is 5.32 Å². The Morgan fingerprint density at radius 1 is 1.17 bits per heavy atom. The van der Waals surface area contributed by atoms with Gasteiger partial charge in [0.2, 0.25) is 15.9 Å². The second kappa shape index (κ2) is 7.68. The van der Waals surface area contributed by atoms with Crippen LogP contribution < -0.4 is 9.62 Å². The van der Waals surface area contributed by atoms with Crippen LogP contribution in [0.1, 0.15) is 11.1 Å². The molecule has 0 aliphatic carbocycles. The fourth-order valence-corrected chi connectivity index (χ4v) is 3.25. The zero-order chi connectivity index (χ0) is 17.7. The largest absolute Gasteiger partial charge is 0.350 e. The maximum absolute atomic E-state index is 12.2. The molecule has 5 nitrogen and oxygen atoms in total. The van der Waals surface area contributed by atoms with Gasteiger partial charge in [-0.25, -0.2) is 8.42 Å². The Bertz CT molecular complexity index is 837. The third-order valence-electron chi connectivity index (χ3n) is 3.52. The maximum Gasteiger partial charge on any atom is 0.241 e. The second-order valence-corrected chi connectivity index (χ2v) is 7.80. The predicted octanol–water partition coefficient (Wildman–Crippen LogP) is 2.73. The van der Waals surface area contributed by atoms with Crippen molar-refractivity contribution in [2.45, 2.75) is 13.5 Å². The van der Waals surface area contributed by atoms with E-state index in [0.29, 0.717) is 17.3 Å². The fourth-order valence-electron chi connectivity index (χ4n) is 2.22. The molecule has 0 spiro atoms. The first-order valence-corrected chi connectivity index (χ1v) is 9.54. The van der Waals surface area contributed by atoms with Gasteiger partial charge >= 0.3 is 0 Å². The molecule has 2 aromatic carbocycles. The zero-order valence-electron chi connectivity index (χ0n) is 13.5. The molecular weight excluding hydrogens is 348 g/mol. The van der Waals surface area contributed by atoms with E-state index in [0.717, 1.165) is 21.7 Å². The number of sulfonamides is 1. The minimum atomic E-state index is -3.61. The quantitative estimate of drug-likeness (QED) is 0.854. The standard InChI is InChI=1S/C17H19ClN2O3S/c1-13-6-3-4-7-14(13)11-19-17(21)12-20(24(2,22)23)16-9-5-8-15(18)10-16/h3-10H,11-12H2,1-2H3,(H,19,21). The van der Waals surface area contributed by atoms with Crippen LogP contribution in [0.3, 0.4) is 0 Å². The third-order valence-corrected chi connectivity index (χ3v) is 4.90. The number of anilines is 1. The van der Waals surface area contributed by atoms with E-state index in [2.05, 4.69) is 5.32 Å². The number of hydrogen-bond donors (Lipinski definition) is 1. The van der Waals surface area contributed by atoms with Crippen LogP contribution in [-0.2, 0) is 21.4 Å². The minimum absolute atomic E-state index is 0.301. The first-order chi connectivity index (χ1) is 11.3. The first kappa shape index (κ1) is 18.3. The Morgan fingerprint density at radius 3 is 2.50 bits per heavy atom. The van der Waals surface area contributed by atoms with Gasteiger partial charge in [-0.15, -0.1) is 0 Å². The van der Waals surface area contributed by atoms with Crippen LogP contribution in [0.4, 0.5) is 5.69 Å². The highest BCUT2D eigenvalue weighted by molar-refractivity contribution is 7.92. The average molecular weight is 367 g/mol. The molecule has 0 aliphatic rings. The minimum Gasteiger partial charge on any atom is -0.350 e. The van der Waals surface area contributed by atoms with Gasteiger partial charge in [0.25, 0.3) is 0 Å². The van der Waals surface area contributed by atoms with Crippen LogP contribution in [-0.4, -0.2) is 27.1 Å². The van der Waals surface area contributed by atoms with Crippen molar-refractivity contribution in [2.24, 2.45) is 0 Å². The number of nitrogens with one attached hydrogen (secondary N) is 1. The van der Waals surface area contributed by atoms with E-state index in [1.54, 1.807) is 18.2 Å². The molecule has 0 fully saturated rings. The molecule has 1 N–H and O–H groups in total. The highest BCUT2D eigenvalue weighted by Gasteiger charge is 2.21. The number of carbonyl (C=O) groups is 1. The summed E-state index contributed by atoms with van der Waals surface area (Å²) in [6.07, 6.45) is 1.06. The molecule has 7 heteroatoms. The van der Waals surface area contributed by atoms with Crippen molar-refractivity contribution < 1.29 is 13.2 Å². The SMILES string of the molecule is Cc1ccccc1CNC(=O)CN(c1cccc(Cl)c1)S(C)(=O)=O. The monoisotopic (exact) mass is 366 g/mol. The van der Waals surface area contributed by atoms with Crippen LogP contribution in [0, 0.1) is 6.92 Å². The lowest BCUT2D eigenvalue weighted by Gasteiger charge is -2.22. The van der Waals surface area contributed by atoms with Gasteiger partial charge in [0.05, 0.1) is 11.9 Å². The molecule has 0 radical (unpaired) electrons. The molecule has 2 aromatic rings. The fraction of sp³-hybridized carbons (Fsp3) is 0.235. The lowest BCUT2D eigenvalue weighted by atomic mass is 10.1. The van der Waals surface area contributed by atoms with Gasteiger partial charge in [0.1, 0.15) is 6.54 Å². The molecule has 1 amide bonds. The maximum atomic E-state index is 12.2. The summed E-state index contributed by atoms with van der Waals surface area (Å²) in [4.78, 5) is 12.2. The van der Waals surface area contributed by atoms with Gasteiger partial charge in [-0.2, -0.15) is 0 Å². The molecule has 2 rings (SSSR count). The highest BCUT2D eigenvalue weighted by atomic mass is 35.5. The van der Waals surface area contributed by atoms with Crippen molar-refractivity contribution in [2.75, 3.05) is 17.1 Å². The van der Waals surface area contributed by atoms with Crippen LogP contribution in [0.5, 0.6) is 0 Å². The van der Waals surface area contributed by atoms with Gasteiger partial charge in [0, 0.05) is 11.6 Å². The Balaban J connectivity index is 2.10. The number of amides is 1. The summed E-state index contributed by atoms with van der Waals surface area (Å²) in [7, 11) is -3.61. The summed E-state index contributed by atoms with van der Waals surface area (Å²) in [5, 5.41) is 3.15. The van der Waals surface area contributed by atoms with E-state index >= 15 is 0 Å². The summed E-state index contributed by atoms with van der Waals surface area (Å²) >= 11 is 5.91.